The molecule has 0 saturated heterocycles. The van der Waals surface area contributed by atoms with Crippen molar-refractivity contribution in [2.75, 3.05) is 32.6 Å². The van der Waals surface area contributed by atoms with Crippen molar-refractivity contribution in [2.24, 2.45) is 0 Å². The molecular weight excluding hydrogens is 364 g/mol. The van der Waals surface area contributed by atoms with E-state index in [-0.39, 0.29) is 6.10 Å². The van der Waals surface area contributed by atoms with Crippen LogP contribution >= 0.6 is 0 Å². The Morgan fingerprint density at radius 1 is 1.11 bits per heavy atom. The summed E-state index contributed by atoms with van der Waals surface area (Å²) in [5.41, 5.74) is 3.03. The van der Waals surface area contributed by atoms with Crippen molar-refractivity contribution in [2.45, 2.75) is 44.1 Å². The monoisotopic (exact) mass is 392 g/mol. The van der Waals surface area contributed by atoms with Gasteiger partial charge in [0.15, 0.2) is 0 Å². The van der Waals surface area contributed by atoms with Crippen LogP contribution in [0.5, 0.6) is 5.75 Å². The van der Waals surface area contributed by atoms with E-state index in [2.05, 4.69) is 27.8 Å². The summed E-state index contributed by atoms with van der Waals surface area (Å²) in [4.78, 5) is 2.19. The molecule has 2 bridgehead atoms. The van der Waals surface area contributed by atoms with Gasteiger partial charge in [-0.3, -0.25) is 4.72 Å². The molecule has 1 aromatic carbocycles. The van der Waals surface area contributed by atoms with Crippen molar-refractivity contribution in [1.82, 2.24) is 9.62 Å². The number of nitrogens with one attached hydrogen (secondary N) is 1. The van der Waals surface area contributed by atoms with E-state index in [0.717, 1.165) is 55.9 Å². The van der Waals surface area contributed by atoms with E-state index in [0.29, 0.717) is 25.6 Å². The Balaban J connectivity index is 1.59. The van der Waals surface area contributed by atoms with Gasteiger partial charge in [0.1, 0.15) is 12.4 Å². The first-order valence-corrected chi connectivity index (χ1v) is 11.7. The second-order valence-electron chi connectivity index (χ2n) is 7.71. The first kappa shape index (κ1) is 18.6. The predicted molar refractivity (Wildman–Crippen MR) is 104 cm³/mol. The highest BCUT2D eigenvalue weighted by atomic mass is 32.2. The van der Waals surface area contributed by atoms with E-state index in [1.807, 2.05) is 6.07 Å². The summed E-state index contributed by atoms with van der Waals surface area (Å²) >= 11 is 0. The van der Waals surface area contributed by atoms with Gasteiger partial charge in [-0.05, 0) is 43.2 Å². The highest BCUT2D eigenvalue weighted by molar-refractivity contribution is 7.88. The largest absolute Gasteiger partial charge is 0.491 e. The molecule has 27 heavy (non-hydrogen) atoms. The average Bonchev–Trinajstić information content (AvgIpc) is 3.01. The maximum absolute atomic E-state index is 11.7. The van der Waals surface area contributed by atoms with Crippen LogP contribution in [0.4, 0.5) is 0 Å². The van der Waals surface area contributed by atoms with Crippen LogP contribution < -0.4 is 9.46 Å². The smallest absolute Gasteiger partial charge is 0.229 e. The predicted octanol–water partition coefficient (Wildman–Crippen LogP) is 2.59. The first-order valence-electron chi connectivity index (χ1n) is 9.78. The minimum atomic E-state index is -3.29. The molecule has 0 unspecified atom stereocenters. The highest BCUT2D eigenvalue weighted by Gasteiger charge is 2.29. The van der Waals surface area contributed by atoms with E-state index in [1.54, 1.807) is 0 Å². The van der Waals surface area contributed by atoms with Gasteiger partial charge in [-0.1, -0.05) is 18.2 Å². The molecule has 0 atom stereocenters. The first-order chi connectivity index (χ1) is 13.0. The van der Waals surface area contributed by atoms with Crippen LogP contribution in [0.3, 0.4) is 0 Å². The van der Waals surface area contributed by atoms with Crippen molar-refractivity contribution in [3.8, 4) is 5.75 Å². The quantitative estimate of drug-likeness (QED) is 0.838. The summed E-state index contributed by atoms with van der Waals surface area (Å²) in [5, 5.41) is 0. The Morgan fingerprint density at radius 3 is 2.67 bits per heavy atom. The standard InChI is InChI=1S/C20H28N2O4S/c1-27(23,24)21-18-10-11-22-12-13-25-20-5-3-2-4-17(20)15-6-8-16(9-7-15)26-14-19(18)22/h2-5,15-16,21H,6-14H2,1H3. The van der Waals surface area contributed by atoms with Crippen molar-refractivity contribution in [3.63, 3.8) is 0 Å². The zero-order valence-electron chi connectivity index (χ0n) is 15.8. The Labute approximate surface area is 161 Å². The summed E-state index contributed by atoms with van der Waals surface area (Å²) in [7, 11) is -3.29. The lowest BCUT2D eigenvalue weighted by Crippen LogP contribution is -2.30. The molecule has 148 valence electrons. The van der Waals surface area contributed by atoms with Gasteiger partial charge >= 0.3 is 0 Å². The van der Waals surface area contributed by atoms with Crippen LogP contribution in [-0.4, -0.2) is 52.0 Å². The lowest BCUT2D eigenvalue weighted by Gasteiger charge is -2.30. The minimum Gasteiger partial charge on any atom is -0.491 e. The third-order valence-corrected chi connectivity index (χ3v) is 6.40. The zero-order chi connectivity index (χ0) is 18.9. The van der Waals surface area contributed by atoms with Crippen LogP contribution in [0.1, 0.15) is 43.6 Å². The lowest BCUT2D eigenvalue weighted by atomic mass is 9.82. The second kappa shape index (κ2) is 7.72. The number of fused-ring (bicyclic) bond motifs is 5. The topological polar surface area (TPSA) is 67.9 Å². The Kier molecular flexibility index (Phi) is 5.32. The van der Waals surface area contributed by atoms with Crippen LogP contribution in [0.25, 0.3) is 0 Å². The molecule has 3 aliphatic heterocycles. The van der Waals surface area contributed by atoms with Crippen LogP contribution in [0.2, 0.25) is 0 Å². The maximum Gasteiger partial charge on any atom is 0.229 e. The summed E-state index contributed by atoms with van der Waals surface area (Å²) in [6, 6.07) is 8.37. The Hall–Kier alpha value is -1.73. The third-order valence-electron chi connectivity index (χ3n) is 5.78. The molecule has 4 aliphatic rings. The molecule has 5 rings (SSSR count). The molecular formula is C20H28N2O4S. The highest BCUT2D eigenvalue weighted by Crippen LogP contribution is 2.39. The van der Waals surface area contributed by atoms with Crippen molar-refractivity contribution in [1.29, 1.82) is 0 Å². The van der Waals surface area contributed by atoms with E-state index in [1.165, 1.54) is 11.8 Å². The number of sulfonamides is 1. The van der Waals surface area contributed by atoms with Gasteiger partial charge in [0.25, 0.3) is 0 Å². The number of hydrogen-bond donors (Lipinski definition) is 1. The molecule has 1 aliphatic carbocycles. The van der Waals surface area contributed by atoms with Crippen LogP contribution in [0, 0.1) is 0 Å². The van der Waals surface area contributed by atoms with Crippen molar-refractivity contribution < 1.29 is 17.9 Å². The molecule has 1 aromatic rings. The molecule has 1 saturated carbocycles. The van der Waals surface area contributed by atoms with Crippen molar-refractivity contribution in [3.05, 3.63) is 41.2 Å². The normalized spacial score (nSPS) is 26.3. The molecule has 1 N–H and O–H groups in total. The molecule has 1 fully saturated rings. The van der Waals surface area contributed by atoms with Gasteiger partial charge in [0.2, 0.25) is 10.0 Å². The molecule has 0 amide bonds. The molecule has 3 heterocycles. The molecule has 6 nitrogen and oxygen atoms in total. The van der Waals surface area contributed by atoms with Gasteiger partial charge in [-0.25, -0.2) is 8.42 Å². The molecule has 0 radical (unpaired) electrons. The summed E-state index contributed by atoms with van der Waals surface area (Å²) < 4.78 is 38.5. The summed E-state index contributed by atoms with van der Waals surface area (Å²) in [5.74, 6) is 1.52. The fourth-order valence-electron chi connectivity index (χ4n) is 4.43. The maximum atomic E-state index is 11.7. The van der Waals surface area contributed by atoms with Crippen LogP contribution in [0.15, 0.2) is 35.7 Å². The summed E-state index contributed by atoms with van der Waals surface area (Å²) in [6.45, 7) is 2.54. The third kappa shape index (κ3) is 4.41. The van der Waals surface area contributed by atoms with Gasteiger partial charge in [0, 0.05) is 18.7 Å². The van der Waals surface area contributed by atoms with E-state index < -0.39 is 10.0 Å². The van der Waals surface area contributed by atoms with E-state index in [4.69, 9.17) is 9.47 Å². The SMILES string of the molecule is CS(=O)(=O)NC1=C2COC3CCC(CC3)c3ccccc3OCCN2CC1. The number of rotatable bonds is 2. The van der Waals surface area contributed by atoms with Gasteiger partial charge < -0.3 is 14.4 Å². The number of hydrogen-bond acceptors (Lipinski definition) is 5. The van der Waals surface area contributed by atoms with Gasteiger partial charge in [0.05, 0.1) is 31.2 Å². The number of benzene rings is 1. The Bertz CT molecular complexity index is 813. The fraction of sp³-hybridized carbons (Fsp3) is 0.600. The molecule has 0 spiro atoms. The second-order valence-corrected chi connectivity index (χ2v) is 9.46. The minimum absolute atomic E-state index is 0.240. The van der Waals surface area contributed by atoms with Crippen LogP contribution in [-0.2, 0) is 14.8 Å². The average molecular weight is 393 g/mol. The Morgan fingerprint density at radius 2 is 1.89 bits per heavy atom. The summed E-state index contributed by atoms with van der Waals surface area (Å²) in [6.07, 6.45) is 6.39. The van der Waals surface area contributed by atoms with E-state index in [9.17, 15) is 8.42 Å². The van der Waals surface area contributed by atoms with Gasteiger partial charge in [-0.2, -0.15) is 0 Å². The zero-order valence-corrected chi connectivity index (χ0v) is 16.6. The van der Waals surface area contributed by atoms with E-state index >= 15 is 0 Å². The fourth-order valence-corrected chi connectivity index (χ4v) is 5.10. The van der Waals surface area contributed by atoms with Crippen molar-refractivity contribution >= 4 is 10.0 Å². The van der Waals surface area contributed by atoms with Gasteiger partial charge in [-0.15, -0.1) is 0 Å². The molecule has 0 aromatic heterocycles. The number of para-hydroxylation sites is 1. The number of ether oxygens (including phenoxy) is 2. The molecule has 7 heteroatoms. The lowest BCUT2D eigenvalue weighted by molar-refractivity contribution is 0.0301. The number of nitrogens with zero attached hydrogens (tertiary/aromatic N) is 1.